The topological polar surface area (TPSA) is 29.3 Å². The zero-order valence-corrected chi connectivity index (χ0v) is 14.6. The Kier molecular flexibility index (Phi) is 5.02. The fraction of sp³-hybridized carbons (Fsp3) is 0.667. The standard InChI is InChI=1S/C18H29ClN2/c1-14(15-7-5-6-8-16(15)19)21(4)18(13-20)11-9-17(2,3)10-12-18/h5-8,14H,9-13,20H2,1-4H3. The molecule has 0 saturated heterocycles. The monoisotopic (exact) mass is 308 g/mol. The SMILES string of the molecule is CC(c1ccccc1Cl)N(C)C1(CN)CCC(C)(C)CC1. The lowest BCUT2D eigenvalue weighted by Crippen LogP contribution is -2.55. The molecule has 0 heterocycles. The molecule has 0 bridgehead atoms. The molecular formula is C18H29ClN2. The molecule has 1 atom stereocenters. The minimum absolute atomic E-state index is 0.105. The second-order valence-corrected chi connectivity index (χ2v) is 7.81. The van der Waals surface area contributed by atoms with Crippen molar-refractivity contribution in [2.45, 2.75) is 58.0 Å². The van der Waals surface area contributed by atoms with Crippen molar-refractivity contribution in [3.8, 4) is 0 Å². The number of hydrogen-bond acceptors (Lipinski definition) is 2. The van der Waals surface area contributed by atoms with E-state index in [2.05, 4.69) is 44.9 Å². The Bertz CT molecular complexity index is 474. The van der Waals surface area contributed by atoms with Crippen molar-refractivity contribution < 1.29 is 0 Å². The summed E-state index contributed by atoms with van der Waals surface area (Å²) in [6.45, 7) is 7.68. The predicted molar refractivity (Wildman–Crippen MR) is 91.7 cm³/mol. The third-order valence-corrected chi connectivity index (χ3v) is 5.94. The summed E-state index contributed by atoms with van der Waals surface area (Å²) in [5, 5.41) is 0.847. The van der Waals surface area contributed by atoms with Crippen molar-refractivity contribution >= 4 is 11.6 Å². The lowest BCUT2D eigenvalue weighted by atomic mass is 9.68. The first kappa shape index (κ1) is 16.8. The molecule has 0 spiro atoms. The van der Waals surface area contributed by atoms with E-state index in [-0.39, 0.29) is 11.6 Å². The van der Waals surface area contributed by atoms with Crippen LogP contribution in [0.25, 0.3) is 0 Å². The molecule has 2 N–H and O–H groups in total. The minimum atomic E-state index is 0.105. The molecular weight excluding hydrogens is 280 g/mol. The van der Waals surface area contributed by atoms with Crippen LogP contribution >= 0.6 is 11.6 Å². The Balaban J connectivity index is 2.21. The average molecular weight is 309 g/mol. The van der Waals surface area contributed by atoms with E-state index in [1.807, 2.05) is 12.1 Å². The highest BCUT2D eigenvalue weighted by molar-refractivity contribution is 6.31. The Hall–Kier alpha value is -0.570. The summed E-state index contributed by atoms with van der Waals surface area (Å²) in [5.74, 6) is 0. The van der Waals surface area contributed by atoms with Gasteiger partial charge in [0.2, 0.25) is 0 Å². The largest absolute Gasteiger partial charge is 0.329 e. The van der Waals surface area contributed by atoms with Crippen LogP contribution in [0.3, 0.4) is 0 Å². The van der Waals surface area contributed by atoms with Crippen molar-refractivity contribution in [2.75, 3.05) is 13.6 Å². The molecule has 2 rings (SSSR count). The summed E-state index contributed by atoms with van der Waals surface area (Å²) < 4.78 is 0. The number of hydrogen-bond donors (Lipinski definition) is 1. The molecule has 1 saturated carbocycles. The van der Waals surface area contributed by atoms with Crippen LogP contribution in [-0.2, 0) is 0 Å². The summed E-state index contributed by atoms with van der Waals surface area (Å²) in [5.41, 5.74) is 7.96. The normalized spacial score (nSPS) is 22.2. The molecule has 3 heteroatoms. The Labute approximate surface area is 134 Å². The van der Waals surface area contributed by atoms with Crippen LogP contribution in [0.4, 0.5) is 0 Å². The van der Waals surface area contributed by atoms with Gasteiger partial charge in [0.1, 0.15) is 0 Å². The molecule has 0 aromatic heterocycles. The minimum Gasteiger partial charge on any atom is -0.329 e. The van der Waals surface area contributed by atoms with Gasteiger partial charge in [0.15, 0.2) is 0 Å². The highest BCUT2D eigenvalue weighted by Gasteiger charge is 2.42. The maximum absolute atomic E-state index is 6.38. The first-order chi connectivity index (χ1) is 9.81. The van der Waals surface area contributed by atoms with Gasteiger partial charge in [-0.1, -0.05) is 43.6 Å². The molecule has 0 amide bonds. The number of benzene rings is 1. The molecule has 0 aliphatic heterocycles. The number of nitrogens with zero attached hydrogens (tertiary/aromatic N) is 1. The number of rotatable bonds is 4. The molecule has 2 nitrogen and oxygen atoms in total. The third-order valence-electron chi connectivity index (χ3n) is 5.60. The summed E-state index contributed by atoms with van der Waals surface area (Å²) in [6.07, 6.45) is 4.82. The highest BCUT2D eigenvalue weighted by atomic mass is 35.5. The second-order valence-electron chi connectivity index (χ2n) is 7.40. The van der Waals surface area contributed by atoms with Gasteiger partial charge in [-0.15, -0.1) is 0 Å². The van der Waals surface area contributed by atoms with Crippen molar-refractivity contribution in [2.24, 2.45) is 11.1 Å². The summed E-state index contributed by atoms with van der Waals surface area (Å²) in [7, 11) is 2.21. The van der Waals surface area contributed by atoms with E-state index in [0.29, 0.717) is 12.0 Å². The van der Waals surface area contributed by atoms with Gasteiger partial charge in [-0.3, -0.25) is 4.90 Å². The zero-order valence-electron chi connectivity index (χ0n) is 13.8. The van der Waals surface area contributed by atoms with E-state index in [9.17, 15) is 0 Å². The van der Waals surface area contributed by atoms with Crippen LogP contribution < -0.4 is 5.73 Å². The van der Waals surface area contributed by atoms with Crippen molar-refractivity contribution in [1.82, 2.24) is 4.90 Å². The maximum Gasteiger partial charge on any atom is 0.0453 e. The van der Waals surface area contributed by atoms with Crippen LogP contribution in [0, 0.1) is 5.41 Å². The quantitative estimate of drug-likeness (QED) is 0.878. The second kappa shape index (κ2) is 6.28. The number of likely N-dealkylation sites (N-methyl/N-ethyl adjacent to an activating group) is 1. The molecule has 1 fully saturated rings. The Morgan fingerprint density at radius 2 is 1.76 bits per heavy atom. The molecule has 0 radical (unpaired) electrons. The van der Waals surface area contributed by atoms with E-state index in [1.54, 1.807) is 0 Å². The van der Waals surface area contributed by atoms with Gasteiger partial charge in [0.25, 0.3) is 0 Å². The average Bonchev–Trinajstić information content (AvgIpc) is 2.47. The first-order valence-corrected chi connectivity index (χ1v) is 8.37. The predicted octanol–water partition coefficient (Wildman–Crippen LogP) is 4.63. The Morgan fingerprint density at radius 1 is 1.19 bits per heavy atom. The molecule has 1 aliphatic rings. The van der Waals surface area contributed by atoms with E-state index in [0.717, 1.165) is 5.02 Å². The highest BCUT2D eigenvalue weighted by Crippen LogP contribution is 2.44. The zero-order chi connectivity index (χ0) is 15.7. The lowest BCUT2D eigenvalue weighted by Gasteiger charge is -2.50. The fourth-order valence-electron chi connectivity index (χ4n) is 3.53. The van der Waals surface area contributed by atoms with Gasteiger partial charge in [0, 0.05) is 23.1 Å². The fourth-order valence-corrected chi connectivity index (χ4v) is 3.82. The van der Waals surface area contributed by atoms with Crippen LogP contribution in [-0.4, -0.2) is 24.0 Å². The van der Waals surface area contributed by atoms with Gasteiger partial charge < -0.3 is 5.73 Å². The summed E-state index contributed by atoms with van der Waals surface area (Å²) >= 11 is 6.38. The van der Waals surface area contributed by atoms with Gasteiger partial charge >= 0.3 is 0 Å². The van der Waals surface area contributed by atoms with Crippen LogP contribution in [0.1, 0.15) is 58.1 Å². The molecule has 118 valence electrons. The number of halogens is 1. The molecule has 1 unspecified atom stereocenters. The van der Waals surface area contributed by atoms with Crippen molar-refractivity contribution in [3.63, 3.8) is 0 Å². The van der Waals surface area contributed by atoms with E-state index >= 15 is 0 Å². The first-order valence-electron chi connectivity index (χ1n) is 7.99. The van der Waals surface area contributed by atoms with Gasteiger partial charge in [0.05, 0.1) is 0 Å². The Morgan fingerprint density at radius 3 is 2.29 bits per heavy atom. The van der Waals surface area contributed by atoms with E-state index in [4.69, 9.17) is 17.3 Å². The summed E-state index contributed by atoms with van der Waals surface area (Å²) in [6, 6.07) is 8.43. The lowest BCUT2D eigenvalue weighted by molar-refractivity contribution is 0.0168. The molecule has 1 aliphatic carbocycles. The van der Waals surface area contributed by atoms with Crippen LogP contribution in [0.2, 0.25) is 5.02 Å². The maximum atomic E-state index is 6.38. The molecule has 1 aromatic rings. The van der Waals surface area contributed by atoms with E-state index in [1.165, 1.54) is 31.2 Å². The van der Waals surface area contributed by atoms with Crippen molar-refractivity contribution in [1.29, 1.82) is 0 Å². The van der Waals surface area contributed by atoms with Gasteiger partial charge in [-0.2, -0.15) is 0 Å². The smallest absolute Gasteiger partial charge is 0.0453 e. The van der Waals surface area contributed by atoms with E-state index < -0.39 is 0 Å². The van der Waals surface area contributed by atoms with Gasteiger partial charge in [-0.05, 0) is 56.7 Å². The van der Waals surface area contributed by atoms with Crippen molar-refractivity contribution in [3.05, 3.63) is 34.9 Å². The molecule has 21 heavy (non-hydrogen) atoms. The molecule has 1 aromatic carbocycles. The number of nitrogens with two attached hydrogens (primary N) is 1. The van der Waals surface area contributed by atoms with Crippen LogP contribution in [0.15, 0.2) is 24.3 Å². The third kappa shape index (κ3) is 3.44. The van der Waals surface area contributed by atoms with Crippen LogP contribution in [0.5, 0.6) is 0 Å². The summed E-state index contributed by atoms with van der Waals surface area (Å²) in [4.78, 5) is 2.46. The van der Waals surface area contributed by atoms with Gasteiger partial charge in [-0.25, -0.2) is 0 Å².